The van der Waals surface area contributed by atoms with Crippen LogP contribution in [0.3, 0.4) is 0 Å². The lowest BCUT2D eigenvalue weighted by Gasteiger charge is -2.11. The van der Waals surface area contributed by atoms with Gasteiger partial charge in [0.2, 0.25) is 0 Å². The number of benzene rings is 2. The van der Waals surface area contributed by atoms with Crippen LogP contribution in [0.4, 0.5) is 0 Å². The van der Waals surface area contributed by atoms with E-state index < -0.39 is 0 Å². The molecule has 1 aliphatic carbocycles. The molecule has 0 bridgehead atoms. The smallest absolute Gasteiger partial charge is 0.00734 e. The Hall–Kier alpha value is -2.08. The molecule has 0 heteroatoms. The predicted octanol–water partition coefficient (Wildman–Crippen LogP) is 5.00. The molecular weight excluding hydrogens is 216 g/mol. The summed E-state index contributed by atoms with van der Waals surface area (Å²) in [6.45, 7) is 2.22. The van der Waals surface area contributed by atoms with Gasteiger partial charge in [0, 0.05) is 0 Å². The molecule has 0 saturated carbocycles. The molecule has 88 valence electrons. The van der Waals surface area contributed by atoms with Crippen LogP contribution in [0.1, 0.15) is 23.6 Å². The van der Waals surface area contributed by atoms with Gasteiger partial charge >= 0.3 is 0 Å². The van der Waals surface area contributed by atoms with E-state index in [4.69, 9.17) is 0 Å². The summed E-state index contributed by atoms with van der Waals surface area (Å²) < 4.78 is 0. The first-order valence-corrected chi connectivity index (χ1v) is 6.46. The molecule has 0 N–H and O–H groups in total. The van der Waals surface area contributed by atoms with E-state index in [-0.39, 0.29) is 0 Å². The topological polar surface area (TPSA) is 0 Å². The monoisotopic (exact) mass is 232 g/mol. The van der Waals surface area contributed by atoms with Crippen molar-refractivity contribution in [3.8, 4) is 0 Å². The molecule has 1 aliphatic rings. The number of hydrogen-bond donors (Lipinski definition) is 0. The van der Waals surface area contributed by atoms with E-state index in [1.54, 1.807) is 0 Å². The van der Waals surface area contributed by atoms with Gasteiger partial charge < -0.3 is 0 Å². The maximum Gasteiger partial charge on any atom is -0.00734 e. The number of aryl methyl sites for hydroxylation is 1. The molecule has 0 heterocycles. The molecule has 0 radical (unpaired) electrons. The fraction of sp³-hybridized carbons (Fsp3) is 0.111. The molecule has 0 amide bonds. The second-order valence-corrected chi connectivity index (χ2v) is 4.54. The van der Waals surface area contributed by atoms with E-state index >= 15 is 0 Å². The Morgan fingerprint density at radius 1 is 0.833 bits per heavy atom. The van der Waals surface area contributed by atoms with Gasteiger partial charge in [0.15, 0.2) is 0 Å². The van der Waals surface area contributed by atoms with Crippen molar-refractivity contribution in [2.75, 3.05) is 0 Å². The standard InChI is InChI=1S/C18H16/c1-2-14-9-7-10-16-13-12-15-8-5-3-4-6-11-17(15)18(14)16/h3-13H,2H2,1H3/b4-3-,5-3?,6-4?,8-5-,11-6-,15-8?,17-11?. The lowest BCUT2D eigenvalue weighted by molar-refractivity contribution is 1.16. The first kappa shape index (κ1) is 11.0. The molecule has 0 spiro atoms. The molecule has 2 aromatic carbocycles. The summed E-state index contributed by atoms with van der Waals surface area (Å²) in [5, 5.41) is 2.73. The van der Waals surface area contributed by atoms with Crippen LogP contribution in [0.5, 0.6) is 0 Å². The van der Waals surface area contributed by atoms with Crippen molar-refractivity contribution in [1.82, 2.24) is 0 Å². The van der Waals surface area contributed by atoms with Gasteiger partial charge in [-0.1, -0.05) is 73.7 Å². The Bertz CT molecular complexity index is 670. The van der Waals surface area contributed by atoms with E-state index in [9.17, 15) is 0 Å². The maximum atomic E-state index is 2.23. The average Bonchev–Trinajstić information content (AvgIpc) is 2.38. The molecule has 0 aliphatic heterocycles. The minimum atomic E-state index is 1.07. The summed E-state index contributed by atoms with van der Waals surface area (Å²) in [7, 11) is 0. The molecule has 3 rings (SSSR count). The van der Waals surface area contributed by atoms with E-state index in [2.05, 4.69) is 73.7 Å². The van der Waals surface area contributed by atoms with Gasteiger partial charge in [-0.3, -0.25) is 0 Å². The summed E-state index contributed by atoms with van der Waals surface area (Å²) in [5.74, 6) is 0. The average molecular weight is 232 g/mol. The third kappa shape index (κ3) is 1.80. The van der Waals surface area contributed by atoms with Crippen molar-refractivity contribution < 1.29 is 0 Å². The zero-order valence-corrected chi connectivity index (χ0v) is 10.6. The molecule has 0 nitrogen and oxygen atoms in total. The number of fused-ring (bicyclic) bond motifs is 3. The van der Waals surface area contributed by atoms with Crippen molar-refractivity contribution in [2.24, 2.45) is 0 Å². The predicted molar refractivity (Wildman–Crippen MR) is 80.5 cm³/mol. The Kier molecular flexibility index (Phi) is 2.85. The second kappa shape index (κ2) is 4.66. The molecule has 18 heavy (non-hydrogen) atoms. The molecule has 0 fully saturated rings. The lowest BCUT2D eigenvalue weighted by Crippen LogP contribution is -1.90. The molecule has 0 saturated heterocycles. The van der Waals surface area contributed by atoms with Crippen LogP contribution in [-0.2, 0) is 6.42 Å². The highest BCUT2D eigenvalue weighted by Crippen LogP contribution is 2.29. The Morgan fingerprint density at radius 2 is 1.67 bits per heavy atom. The Morgan fingerprint density at radius 3 is 2.50 bits per heavy atom. The van der Waals surface area contributed by atoms with Crippen molar-refractivity contribution in [2.45, 2.75) is 13.3 Å². The van der Waals surface area contributed by atoms with Gasteiger partial charge in [0.25, 0.3) is 0 Å². The summed E-state index contributed by atoms with van der Waals surface area (Å²) in [6, 6.07) is 11.0. The maximum absolute atomic E-state index is 2.23. The van der Waals surface area contributed by atoms with Crippen LogP contribution in [0, 0.1) is 0 Å². The van der Waals surface area contributed by atoms with Gasteiger partial charge in [0.05, 0.1) is 0 Å². The SMILES string of the molecule is CCc1cccc2ccc3c(c12)\C=C/C=C\C=C/3. The van der Waals surface area contributed by atoms with Crippen LogP contribution in [0.2, 0.25) is 0 Å². The summed E-state index contributed by atoms with van der Waals surface area (Å²) in [6.07, 6.45) is 13.8. The van der Waals surface area contributed by atoms with Crippen LogP contribution in [-0.4, -0.2) is 0 Å². The number of allylic oxidation sites excluding steroid dienone is 4. The zero-order valence-electron chi connectivity index (χ0n) is 10.6. The van der Waals surface area contributed by atoms with Gasteiger partial charge in [-0.25, -0.2) is 0 Å². The minimum Gasteiger partial charge on any atom is -0.0622 e. The first-order chi connectivity index (χ1) is 8.90. The van der Waals surface area contributed by atoms with E-state index in [1.165, 1.54) is 27.5 Å². The molecule has 0 atom stereocenters. The molecule has 0 unspecified atom stereocenters. The van der Waals surface area contributed by atoms with E-state index in [1.807, 2.05) is 0 Å². The number of hydrogen-bond acceptors (Lipinski definition) is 0. The Balaban J connectivity index is 2.40. The Labute approximate surface area is 108 Å². The zero-order chi connectivity index (χ0) is 12.4. The third-order valence-electron chi connectivity index (χ3n) is 3.46. The third-order valence-corrected chi connectivity index (χ3v) is 3.46. The van der Waals surface area contributed by atoms with Crippen LogP contribution >= 0.6 is 0 Å². The summed E-state index contributed by atoms with van der Waals surface area (Å²) in [5.41, 5.74) is 4.06. The van der Waals surface area contributed by atoms with Gasteiger partial charge in [0.1, 0.15) is 0 Å². The van der Waals surface area contributed by atoms with Crippen molar-refractivity contribution in [1.29, 1.82) is 0 Å². The van der Waals surface area contributed by atoms with Crippen molar-refractivity contribution >= 4 is 22.9 Å². The fourth-order valence-electron chi connectivity index (χ4n) is 2.56. The molecule has 2 aromatic rings. The first-order valence-electron chi connectivity index (χ1n) is 6.46. The fourth-order valence-corrected chi connectivity index (χ4v) is 2.56. The molecule has 0 aromatic heterocycles. The van der Waals surface area contributed by atoms with Gasteiger partial charge in [-0.2, -0.15) is 0 Å². The van der Waals surface area contributed by atoms with Gasteiger partial charge in [-0.15, -0.1) is 0 Å². The summed E-state index contributed by atoms with van der Waals surface area (Å²) >= 11 is 0. The minimum absolute atomic E-state index is 1.07. The van der Waals surface area contributed by atoms with Gasteiger partial charge in [-0.05, 0) is 33.9 Å². The second-order valence-electron chi connectivity index (χ2n) is 4.54. The van der Waals surface area contributed by atoms with Crippen LogP contribution in [0.15, 0.2) is 54.6 Å². The lowest BCUT2D eigenvalue weighted by atomic mass is 9.93. The van der Waals surface area contributed by atoms with Crippen LogP contribution in [0.25, 0.3) is 22.9 Å². The van der Waals surface area contributed by atoms with E-state index in [0.717, 1.165) is 6.42 Å². The normalized spacial score (nSPS) is 18.7. The quantitative estimate of drug-likeness (QED) is 0.649. The number of rotatable bonds is 1. The highest BCUT2D eigenvalue weighted by molar-refractivity contribution is 5.96. The highest BCUT2D eigenvalue weighted by atomic mass is 14.1. The largest absolute Gasteiger partial charge is 0.0622 e. The van der Waals surface area contributed by atoms with Crippen molar-refractivity contribution in [3.63, 3.8) is 0 Å². The summed E-state index contributed by atoms with van der Waals surface area (Å²) in [4.78, 5) is 0. The van der Waals surface area contributed by atoms with E-state index in [0.29, 0.717) is 0 Å². The van der Waals surface area contributed by atoms with Crippen molar-refractivity contribution in [3.05, 3.63) is 71.3 Å². The highest BCUT2D eigenvalue weighted by Gasteiger charge is 2.07. The molecular formula is C18H16. The van der Waals surface area contributed by atoms with Crippen LogP contribution < -0.4 is 0 Å².